The Morgan fingerprint density at radius 3 is 2.26 bits per heavy atom. The van der Waals surface area contributed by atoms with Crippen molar-refractivity contribution >= 4 is 17.5 Å². The van der Waals surface area contributed by atoms with E-state index in [1.165, 1.54) is 12.1 Å². The smallest absolute Gasteiger partial charge is 0.324 e. The molecule has 34 heavy (non-hydrogen) atoms. The molecule has 2 amide bonds. The van der Waals surface area contributed by atoms with Crippen LogP contribution in [0.2, 0.25) is 0 Å². The van der Waals surface area contributed by atoms with E-state index in [2.05, 4.69) is 10.3 Å². The van der Waals surface area contributed by atoms with E-state index in [1.807, 2.05) is 6.07 Å². The van der Waals surface area contributed by atoms with Crippen LogP contribution in [-0.4, -0.2) is 34.8 Å². The molecule has 176 valence electrons. The number of piperidine rings is 1. The van der Waals surface area contributed by atoms with Crippen molar-refractivity contribution in [1.29, 1.82) is 0 Å². The summed E-state index contributed by atoms with van der Waals surface area (Å²) in [5, 5.41) is 2.83. The number of pyridine rings is 1. The van der Waals surface area contributed by atoms with Gasteiger partial charge in [0.05, 0.1) is 5.56 Å². The Morgan fingerprint density at radius 1 is 0.941 bits per heavy atom. The quantitative estimate of drug-likeness (QED) is 0.468. The number of nitrogens with zero attached hydrogens (tertiary/aromatic N) is 2. The minimum absolute atomic E-state index is 0.0202. The number of hydrogen-bond acceptors (Lipinski definition) is 3. The average molecular weight is 467 g/mol. The summed E-state index contributed by atoms with van der Waals surface area (Å²) in [7, 11) is 0. The highest BCUT2D eigenvalue weighted by Gasteiger charge is 2.34. The van der Waals surface area contributed by atoms with Crippen molar-refractivity contribution in [2.75, 3.05) is 18.4 Å². The molecule has 0 spiro atoms. The fourth-order valence-corrected chi connectivity index (χ4v) is 4.35. The van der Waals surface area contributed by atoms with Crippen molar-refractivity contribution in [3.05, 3.63) is 95.8 Å². The molecule has 0 bridgehead atoms. The zero-order chi connectivity index (χ0) is 24.1. The first-order valence-electron chi connectivity index (χ1n) is 11.0. The van der Waals surface area contributed by atoms with Gasteiger partial charge >= 0.3 is 12.2 Å². The number of Topliss-reactive ketones (excluding diaryl/α,β-unsaturated/α-hetero) is 1. The second kappa shape index (κ2) is 10.1. The van der Waals surface area contributed by atoms with Crippen molar-refractivity contribution in [2.45, 2.75) is 24.9 Å². The van der Waals surface area contributed by atoms with Crippen molar-refractivity contribution in [1.82, 2.24) is 9.88 Å². The number of ketones is 1. The average Bonchev–Trinajstić information content (AvgIpc) is 2.84. The highest BCUT2D eigenvalue weighted by atomic mass is 19.4. The van der Waals surface area contributed by atoms with E-state index in [9.17, 15) is 22.8 Å². The summed E-state index contributed by atoms with van der Waals surface area (Å²) in [5.41, 5.74) is 1.20. The lowest BCUT2D eigenvalue weighted by Gasteiger charge is -2.38. The molecule has 1 fully saturated rings. The van der Waals surface area contributed by atoms with E-state index in [1.54, 1.807) is 53.7 Å². The molecule has 1 aliphatic rings. The zero-order valence-electron chi connectivity index (χ0n) is 18.3. The topological polar surface area (TPSA) is 62.3 Å². The normalized spacial score (nSPS) is 18.4. The molecule has 4 rings (SSSR count). The summed E-state index contributed by atoms with van der Waals surface area (Å²) in [5.74, 6) is -0.335. The van der Waals surface area contributed by atoms with Crippen LogP contribution < -0.4 is 5.32 Å². The standard InChI is InChI=1S/C26H24F3N3O2/c27-26(28,29)22-8-6-19(7-9-22)21-14-18(15-24(33)20-4-2-1-3-5-20)16-32(17-21)25(34)31-23-10-12-30-13-11-23/h1-13,18,21H,14-17H2,(H,30,31,34). The van der Waals surface area contributed by atoms with Gasteiger partial charge in [0.15, 0.2) is 5.78 Å². The van der Waals surface area contributed by atoms with Gasteiger partial charge in [-0.15, -0.1) is 0 Å². The predicted octanol–water partition coefficient (Wildman–Crippen LogP) is 6.01. The Kier molecular flexibility index (Phi) is 6.95. The minimum Gasteiger partial charge on any atom is -0.324 e. The largest absolute Gasteiger partial charge is 0.416 e. The van der Waals surface area contributed by atoms with E-state index in [0.29, 0.717) is 36.3 Å². The Labute approximate surface area is 195 Å². The molecule has 2 atom stereocenters. The first-order valence-corrected chi connectivity index (χ1v) is 11.0. The summed E-state index contributed by atoms with van der Waals surface area (Å²) in [6.45, 7) is 0.727. The van der Waals surface area contributed by atoms with Crippen molar-refractivity contribution in [3.8, 4) is 0 Å². The van der Waals surface area contributed by atoms with Crippen LogP contribution in [0, 0.1) is 5.92 Å². The summed E-state index contributed by atoms with van der Waals surface area (Å²) < 4.78 is 39.0. The van der Waals surface area contributed by atoms with E-state index >= 15 is 0 Å². The van der Waals surface area contributed by atoms with Crippen LogP contribution in [-0.2, 0) is 6.18 Å². The first-order chi connectivity index (χ1) is 16.3. The Morgan fingerprint density at radius 2 is 1.62 bits per heavy atom. The van der Waals surface area contributed by atoms with Crippen LogP contribution in [0.15, 0.2) is 79.1 Å². The number of aromatic nitrogens is 1. The number of carbonyl (C=O) groups is 2. The minimum atomic E-state index is -4.41. The molecule has 1 aliphatic heterocycles. The van der Waals surface area contributed by atoms with Gasteiger partial charge in [-0.3, -0.25) is 9.78 Å². The number of urea groups is 1. The van der Waals surface area contributed by atoms with Crippen LogP contribution in [0.5, 0.6) is 0 Å². The van der Waals surface area contributed by atoms with Crippen LogP contribution in [0.3, 0.4) is 0 Å². The maximum atomic E-state index is 13.0. The molecule has 3 aromatic rings. The summed E-state index contributed by atoms with van der Waals surface area (Å²) in [6, 6.07) is 17.0. The third-order valence-electron chi connectivity index (χ3n) is 6.04. The fourth-order valence-electron chi connectivity index (χ4n) is 4.35. The number of anilines is 1. The number of rotatable bonds is 5. The molecule has 0 aliphatic carbocycles. The van der Waals surface area contributed by atoms with E-state index < -0.39 is 11.7 Å². The number of benzene rings is 2. The van der Waals surface area contributed by atoms with E-state index in [0.717, 1.165) is 12.1 Å². The van der Waals surface area contributed by atoms with Gasteiger partial charge in [0.25, 0.3) is 0 Å². The number of likely N-dealkylation sites (tertiary alicyclic amines) is 1. The number of hydrogen-bond donors (Lipinski definition) is 1. The molecule has 8 heteroatoms. The maximum Gasteiger partial charge on any atom is 0.416 e. The molecule has 5 nitrogen and oxygen atoms in total. The Hall–Kier alpha value is -3.68. The molecule has 2 heterocycles. The first kappa shape index (κ1) is 23.5. The van der Waals surface area contributed by atoms with Gasteiger partial charge in [-0.1, -0.05) is 42.5 Å². The van der Waals surface area contributed by atoms with Crippen LogP contribution >= 0.6 is 0 Å². The van der Waals surface area contributed by atoms with E-state index in [4.69, 9.17) is 0 Å². The number of halogens is 3. The van der Waals surface area contributed by atoms with Gasteiger partial charge in [-0.05, 0) is 42.2 Å². The monoisotopic (exact) mass is 467 g/mol. The summed E-state index contributed by atoms with van der Waals surface area (Å²) in [4.78, 5) is 31.4. The van der Waals surface area contributed by atoms with Crippen molar-refractivity contribution < 1.29 is 22.8 Å². The number of nitrogens with one attached hydrogen (secondary N) is 1. The van der Waals surface area contributed by atoms with Gasteiger partial charge in [-0.2, -0.15) is 13.2 Å². The van der Waals surface area contributed by atoms with Gasteiger partial charge in [0, 0.05) is 49.1 Å². The number of carbonyl (C=O) groups excluding carboxylic acids is 2. The molecule has 2 unspecified atom stereocenters. The third kappa shape index (κ3) is 5.81. The molecule has 1 saturated heterocycles. The highest BCUT2D eigenvalue weighted by molar-refractivity contribution is 5.96. The second-order valence-corrected chi connectivity index (χ2v) is 8.48. The molecule has 0 radical (unpaired) electrons. The van der Waals surface area contributed by atoms with Crippen molar-refractivity contribution in [3.63, 3.8) is 0 Å². The molecular weight excluding hydrogens is 443 g/mol. The molecule has 2 aromatic carbocycles. The summed E-state index contributed by atoms with van der Waals surface area (Å²) >= 11 is 0. The molecule has 1 aromatic heterocycles. The van der Waals surface area contributed by atoms with E-state index in [-0.39, 0.29) is 30.1 Å². The Balaban J connectivity index is 1.54. The lowest BCUT2D eigenvalue weighted by molar-refractivity contribution is -0.137. The van der Waals surface area contributed by atoms with Crippen LogP contribution in [0.25, 0.3) is 0 Å². The second-order valence-electron chi connectivity index (χ2n) is 8.48. The maximum absolute atomic E-state index is 13.0. The van der Waals surface area contributed by atoms with Gasteiger partial charge in [0.2, 0.25) is 0 Å². The Bertz CT molecular complexity index is 1120. The van der Waals surface area contributed by atoms with Crippen LogP contribution in [0.4, 0.5) is 23.7 Å². The van der Waals surface area contributed by atoms with Crippen LogP contribution in [0.1, 0.15) is 40.2 Å². The lowest BCUT2D eigenvalue weighted by Crippen LogP contribution is -2.45. The SMILES string of the molecule is O=C(CC1CC(c2ccc(C(F)(F)F)cc2)CN(C(=O)Nc2ccncc2)C1)c1ccccc1. The molecule has 0 saturated carbocycles. The third-order valence-corrected chi connectivity index (χ3v) is 6.04. The van der Waals surface area contributed by atoms with Gasteiger partial charge in [0.1, 0.15) is 0 Å². The predicted molar refractivity (Wildman–Crippen MR) is 123 cm³/mol. The zero-order valence-corrected chi connectivity index (χ0v) is 18.3. The van der Waals surface area contributed by atoms with Crippen molar-refractivity contribution in [2.24, 2.45) is 5.92 Å². The number of amides is 2. The fraction of sp³-hybridized carbons (Fsp3) is 0.269. The molecule has 1 N–H and O–H groups in total. The van der Waals surface area contributed by atoms with Gasteiger partial charge < -0.3 is 10.2 Å². The van der Waals surface area contributed by atoms with Gasteiger partial charge in [-0.25, -0.2) is 4.79 Å². The number of alkyl halides is 3. The highest BCUT2D eigenvalue weighted by Crippen LogP contribution is 2.35. The summed E-state index contributed by atoms with van der Waals surface area (Å²) in [6.07, 6.45) is -0.425. The molecular formula is C26H24F3N3O2. The lowest BCUT2D eigenvalue weighted by atomic mass is 9.81.